The van der Waals surface area contributed by atoms with E-state index in [1.807, 2.05) is 26.0 Å². The number of carbonyl (C=O) groups excluding carboxylic acids is 5. The molecule has 3 aliphatic heterocycles. The minimum atomic E-state index is -2.54. The van der Waals surface area contributed by atoms with E-state index in [1.165, 1.54) is 25.2 Å². The van der Waals surface area contributed by atoms with Gasteiger partial charge in [0.05, 0.1) is 31.0 Å². The lowest BCUT2D eigenvalue weighted by Crippen LogP contribution is -2.64. The van der Waals surface area contributed by atoms with Gasteiger partial charge in [0, 0.05) is 57.6 Å². The Morgan fingerprint density at radius 2 is 1.63 bits per heavy atom. The van der Waals surface area contributed by atoms with E-state index in [9.17, 15) is 39.3 Å². The predicted octanol–water partition coefficient (Wildman–Crippen LogP) is 4.70. The molecule has 15 heteroatoms. The number of aliphatic hydroxyl groups is 4. The molecule has 0 aromatic carbocycles. The average molecular weight is 890 g/mol. The molecular formula is C48H75NO14. The van der Waals surface area contributed by atoms with Gasteiger partial charge in [-0.3, -0.25) is 14.4 Å². The van der Waals surface area contributed by atoms with Crippen LogP contribution in [0.3, 0.4) is 0 Å². The Bertz CT molecular complexity index is 1640. The molecule has 4 aliphatic rings. The van der Waals surface area contributed by atoms with Crippen LogP contribution in [0.4, 0.5) is 0 Å². The number of esters is 2. The minimum absolute atomic E-state index is 0.00551. The number of aliphatic hydroxyl groups excluding tert-OH is 3. The lowest BCUT2D eigenvalue weighted by molar-refractivity contribution is -0.302. The molecule has 4 rings (SSSR count). The van der Waals surface area contributed by atoms with E-state index in [2.05, 4.69) is 0 Å². The van der Waals surface area contributed by atoms with Gasteiger partial charge in [0.15, 0.2) is 0 Å². The highest BCUT2D eigenvalue weighted by molar-refractivity contribution is 6.39. The summed E-state index contributed by atoms with van der Waals surface area (Å²) in [5.74, 6) is -8.81. The third kappa shape index (κ3) is 14.3. The average Bonchev–Trinajstić information content (AvgIpc) is 3.26. The van der Waals surface area contributed by atoms with Gasteiger partial charge in [0.25, 0.3) is 11.7 Å². The second-order valence-corrected chi connectivity index (χ2v) is 18.6. The number of piperidine rings is 1. The smallest absolute Gasteiger partial charge is 0.330 e. The van der Waals surface area contributed by atoms with Crippen molar-refractivity contribution in [1.82, 2.24) is 4.90 Å². The van der Waals surface area contributed by atoms with E-state index in [4.69, 9.17) is 28.8 Å². The maximum absolute atomic E-state index is 14.4. The van der Waals surface area contributed by atoms with E-state index in [1.54, 1.807) is 26.8 Å². The number of cyclic esters (lactones) is 1. The molecule has 0 radical (unpaired) electrons. The van der Waals surface area contributed by atoms with Gasteiger partial charge < -0.3 is 49.0 Å². The summed E-state index contributed by atoms with van der Waals surface area (Å²) in [5.41, 5.74) is 1.52. The van der Waals surface area contributed by atoms with E-state index in [0.29, 0.717) is 56.9 Å². The van der Waals surface area contributed by atoms with Gasteiger partial charge in [-0.25, -0.2) is 9.59 Å². The molecule has 4 N–H and O–H groups in total. The van der Waals surface area contributed by atoms with Gasteiger partial charge in [0.1, 0.15) is 24.0 Å². The first-order valence-corrected chi connectivity index (χ1v) is 23.1. The molecule has 63 heavy (non-hydrogen) atoms. The third-order valence-electron chi connectivity index (χ3n) is 13.5. The van der Waals surface area contributed by atoms with E-state index >= 15 is 0 Å². The number of ether oxygens (including phenoxy) is 5. The zero-order valence-electron chi connectivity index (χ0n) is 38.6. The SMILES string of the molecule is CO[C@H]1C[C@@H](C)C/C(C)=C/[C@@H](C/C=C/C(=O)OCCCCO)C(=O)C[C@H](O)[C@@H](C)[C@@H](/C(C)=C/C2CCC(O)CC2)OC(=O)[C@@H]2CCCCN2C(=O)C(=O)[C@]2(O)O[C@H]1[C@@H](OC)C[C@H]2C. The molecule has 1 aliphatic carbocycles. The van der Waals surface area contributed by atoms with E-state index in [0.717, 1.165) is 18.4 Å². The molecule has 0 spiro atoms. The van der Waals surface area contributed by atoms with Crippen LogP contribution in [0, 0.1) is 29.6 Å². The molecule has 0 aromatic heterocycles. The number of rotatable bonds is 11. The van der Waals surface area contributed by atoms with Crippen LogP contribution >= 0.6 is 0 Å². The Hall–Kier alpha value is -3.31. The molecule has 15 nitrogen and oxygen atoms in total. The molecular weight excluding hydrogens is 815 g/mol. The lowest BCUT2D eigenvalue weighted by atomic mass is 9.82. The maximum Gasteiger partial charge on any atom is 0.330 e. The number of Topliss-reactive ketones (excluding diaryl/α,β-unsaturated/α-hetero) is 2. The molecule has 2 saturated heterocycles. The Kier molecular flexibility index (Phi) is 20.6. The molecule has 0 aromatic rings. The molecule has 3 heterocycles. The highest BCUT2D eigenvalue weighted by Crippen LogP contribution is 2.39. The van der Waals surface area contributed by atoms with E-state index < -0.39 is 83.7 Å². The zero-order valence-corrected chi connectivity index (χ0v) is 38.6. The van der Waals surface area contributed by atoms with Crippen molar-refractivity contribution in [3.05, 3.63) is 35.5 Å². The minimum Gasteiger partial charge on any atom is -0.463 e. The van der Waals surface area contributed by atoms with Crippen molar-refractivity contribution < 1.29 is 68.1 Å². The number of allylic oxidation sites excluding steroid dienone is 4. The number of carbonyl (C=O) groups is 5. The zero-order chi connectivity index (χ0) is 46.4. The van der Waals surface area contributed by atoms with Crippen molar-refractivity contribution in [1.29, 1.82) is 0 Å². The number of nitrogens with zero attached hydrogens (tertiary/aromatic N) is 1. The lowest BCUT2D eigenvalue weighted by Gasteiger charge is -2.47. The van der Waals surface area contributed by atoms with Gasteiger partial charge in [-0.2, -0.15) is 0 Å². The van der Waals surface area contributed by atoms with Crippen LogP contribution in [-0.4, -0.2) is 137 Å². The van der Waals surface area contributed by atoms with Crippen LogP contribution in [0.1, 0.15) is 125 Å². The number of hydrogen-bond donors (Lipinski definition) is 4. The Balaban J connectivity index is 1.76. The Labute approximate surface area is 373 Å². The van der Waals surface area contributed by atoms with Crippen molar-refractivity contribution in [2.75, 3.05) is 34.0 Å². The number of ketones is 2. The summed E-state index contributed by atoms with van der Waals surface area (Å²) in [4.78, 5) is 70.8. The van der Waals surface area contributed by atoms with Crippen molar-refractivity contribution in [2.45, 2.75) is 173 Å². The molecule has 1 amide bonds. The van der Waals surface area contributed by atoms with Gasteiger partial charge in [-0.05, 0) is 115 Å². The number of methoxy groups -OCH3 is 2. The van der Waals surface area contributed by atoms with Gasteiger partial charge in [-0.15, -0.1) is 0 Å². The van der Waals surface area contributed by atoms with Crippen molar-refractivity contribution in [2.24, 2.45) is 29.6 Å². The highest BCUT2D eigenvalue weighted by Gasteiger charge is 2.56. The van der Waals surface area contributed by atoms with Crippen molar-refractivity contribution >= 4 is 29.4 Å². The van der Waals surface area contributed by atoms with Gasteiger partial charge in [0.2, 0.25) is 5.79 Å². The molecule has 1 saturated carbocycles. The normalized spacial score (nSPS) is 37.1. The topological polar surface area (TPSA) is 216 Å². The second kappa shape index (κ2) is 24.8. The van der Waals surface area contributed by atoms with Crippen LogP contribution in [0.15, 0.2) is 35.5 Å². The number of fused-ring (bicyclic) bond motifs is 3. The number of hydrogen-bond acceptors (Lipinski definition) is 14. The summed E-state index contributed by atoms with van der Waals surface area (Å²) in [7, 11) is 3.01. The molecule has 356 valence electrons. The van der Waals surface area contributed by atoms with Crippen LogP contribution in [0.2, 0.25) is 0 Å². The summed E-state index contributed by atoms with van der Waals surface area (Å²) in [5, 5.41) is 43.1. The largest absolute Gasteiger partial charge is 0.463 e. The fourth-order valence-electron chi connectivity index (χ4n) is 9.71. The van der Waals surface area contributed by atoms with Crippen LogP contribution in [0.5, 0.6) is 0 Å². The van der Waals surface area contributed by atoms with Gasteiger partial charge in [-0.1, -0.05) is 44.6 Å². The standard InChI is InChI=1S/C48H75NO14/c1-29-23-30(2)25-40(59-6)44-41(60-7)27-32(4)48(58,63-44)45(55)46(56)49-20-9-8-14-37(49)47(57)62-43(31(3)26-34-16-18-36(51)19-17-34)33(5)38(52)28-39(53)35(24-29)13-12-15-42(54)61-22-11-10-21-50/h12,15,24,26,30,32-38,40-41,43-44,50-52,58H,8-11,13-14,16-23,25,27-28H2,1-7H3/b15-12+,29-24+,31-26+/t30-,32+,33+,34?,35+,36?,37-,38-,40-,41-,43+,44+,48+/m0/s1. The van der Waals surface area contributed by atoms with Crippen LogP contribution in [0.25, 0.3) is 0 Å². The first-order chi connectivity index (χ1) is 29.9. The quantitative estimate of drug-likeness (QED) is 0.0728. The summed E-state index contributed by atoms with van der Waals surface area (Å²) in [6, 6.07) is -1.17. The number of unbranched alkanes of at least 4 members (excludes halogenated alkanes) is 1. The van der Waals surface area contributed by atoms with Crippen LogP contribution < -0.4 is 0 Å². The van der Waals surface area contributed by atoms with E-state index in [-0.39, 0.29) is 69.2 Å². The first-order valence-electron chi connectivity index (χ1n) is 23.1. The van der Waals surface area contributed by atoms with Crippen LogP contribution in [-0.2, 0) is 47.7 Å². The summed E-state index contributed by atoms with van der Waals surface area (Å²) in [6.07, 6.45) is 7.72. The summed E-state index contributed by atoms with van der Waals surface area (Å²) >= 11 is 0. The summed E-state index contributed by atoms with van der Waals surface area (Å²) in [6.45, 7) is 9.24. The highest BCUT2D eigenvalue weighted by atomic mass is 16.7. The fourth-order valence-corrected chi connectivity index (χ4v) is 9.71. The molecule has 0 unspecified atom stereocenters. The van der Waals surface area contributed by atoms with Crippen molar-refractivity contribution in [3.8, 4) is 0 Å². The Morgan fingerprint density at radius 3 is 2.30 bits per heavy atom. The fraction of sp³-hybridized carbons (Fsp3) is 0.771. The monoisotopic (exact) mass is 890 g/mol. The van der Waals surface area contributed by atoms with Gasteiger partial charge >= 0.3 is 11.9 Å². The van der Waals surface area contributed by atoms with Crippen molar-refractivity contribution in [3.63, 3.8) is 0 Å². The molecule has 2 bridgehead atoms. The number of amides is 1. The molecule has 11 atom stereocenters. The maximum atomic E-state index is 14.4. The first kappa shape index (κ1) is 52.3. The second-order valence-electron chi connectivity index (χ2n) is 18.6. The Morgan fingerprint density at radius 1 is 0.952 bits per heavy atom. The third-order valence-corrected chi connectivity index (χ3v) is 13.5. The summed E-state index contributed by atoms with van der Waals surface area (Å²) < 4.78 is 29.5. The molecule has 3 fully saturated rings. The predicted molar refractivity (Wildman–Crippen MR) is 233 cm³/mol.